The van der Waals surface area contributed by atoms with Crippen LogP contribution in [-0.2, 0) is 0 Å². The zero-order chi connectivity index (χ0) is 15.2. The molecule has 5 heteroatoms. The van der Waals surface area contributed by atoms with E-state index in [0.717, 1.165) is 50.7 Å². The lowest BCUT2D eigenvalue weighted by Gasteiger charge is -2.31. The Hall–Kier alpha value is -2.30. The summed E-state index contributed by atoms with van der Waals surface area (Å²) < 4.78 is 5.78. The van der Waals surface area contributed by atoms with Crippen molar-refractivity contribution >= 4 is 11.8 Å². The Balaban J connectivity index is 1.42. The number of aromatic nitrogens is 2. The first-order valence-corrected chi connectivity index (χ1v) is 7.82. The molecule has 1 fully saturated rings. The molecular weight excluding hydrogens is 276 g/mol. The number of rotatable bonds is 5. The molecule has 0 saturated carbocycles. The molecule has 1 aliphatic heterocycles. The van der Waals surface area contributed by atoms with Gasteiger partial charge >= 0.3 is 0 Å². The zero-order valence-corrected chi connectivity index (χ0v) is 12.7. The molecule has 0 radical (unpaired) electrons. The van der Waals surface area contributed by atoms with Crippen molar-refractivity contribution in [1.29, 1.82) is 0 Å². The molecule has 0 aliphatic carbocycles. The average molecular weight is 298 g/mol. The van der Waals surface area contributed by atoms with Gasteiger partial charge in [0.05, 0.1) is 6.61 Å². The molecule has 5 nitrogen and oxygen atoms in total. The van der Waals surface area contributed by atoms with Gasteiger partial charge in [0.2, 0.25) is 5.95 Å². The van der Waals surface area contributed by atoms with Crippen LogP contribution in [0.4, 0.5) is 11.8 Å². The van der Waals surface area contributed by atoms with E-state index in [1.165, 1.54) is 0 Å². The second-order valence-corrected chi connectivity index (χ2v) is 5.66. The summed E-state index contributed by atoms with van der Waals surface area (Å²) in [5.74, 6) is 2.94. The van der Waals surface area contributed by atoms with Crippen molar-refractivity contribution in [3.8, 4) is 5.75 Å². The minimum absolute atomic E-state index is 0.531. The van der Waals surface area contributed by atoms with Crippen LogP contribution in [0, 0.1) is 5.92 Å². The third kappa shape index (κ3) is 3.87. The van der Waals surface area contributed by atoms with Crippen LogP contribution in [0.2, 0.25) is 0 Å². The summed E-state index contributed by atoms with van der Waals surface area (Å²) in [5.41, 5.74) is 5.72. The third-order valence-corrected chi connectivity index (χ3v) is 4.10. The number of hydrogen-bond donors (Lipinski definition) is 1. The van der Waals surface area contributed by atoms with Gasteiger partial charge in [0.15, 0.2) is 0 Å². The van der Waals surface area contributed by atoms with Gasteiger partial charge in [0.25, 0.3) is 0 Å². The molecule has 0 unspecified atom stereocenters. The number of para-hydroxylation sites is 1. The van der Waals surface area contributed by atoms with Gasteiger partial charge < -0.3 is 15.4 Å². The number of piperidine rings is 1. The van der Waals surface area contributed by atoms with Crippen LogP contribution in [0.3, 0.4) is 0 Å². The predicted molar refractivity (Wildman–Crippen MR) is 87.9 cm³/mol. The van der Waals surface area contributed by atoms with Gasteiger partial charge in [-0.2, -0.15) is 4.98 Å². The first-order valence-electron chi connectivity index (χ1n) is 7.82. The van der Waals surface area contributed by atoms with Crippen molar-refractivity contribution in [2.75, 3.05) is 30.3 Å². The Morgan fingerprint density at radius 2 is 1.91 bits per heavy atom. The molecule has 0 atom stereocenters. The van der Waals surface area contributed by atoms with E-state index in [4.69, 9.17) is 10.5 Å². The number of anilines is 2. The number of benzene rings is 1. The monoisotopic (exact) mass is 298 g/mol. The minimum atomic E-state index is 0.531. The van der Waals surface area contributed by atoms with Crippen LogP contribution in [0.15, 0.2) is 42.6 Å². The number of ether oxygens (including phenoxy) is 1. The summed E-state index contributed by atoms with van der Waals surface area (Å²) in [6.07, 6.45) is 5.12. The van der Waals surface area contributed by atoms with Crippen LogP contribution in [-0.4, -0.2) is 29.7 Å². The number of hydrogen-bond acceptors (Lipinski definition) is 5. The van der Waals surface area contributed by atoms with Crippen molar-refractivity contribution in [3.05, 3.63) is 42.6 Å². The Morgan fingerprint density at radius 1 is 1.14 bits per heavy atom. The number of nitrogens with zero attached hydrogens (tertiary/aromatic N) is 3. The summed E-state index contributed by atoms with van der Waals surface area (Å²) >= 11 is 0. The lowest BCUT2D eigenvalue weighted by atomic mass is 9.94. The molecule has 0 spiro atoms. The molecule has 2 N–H and O–H groups in total. The SMILES string of the molecule is Nc1ccnc(N2CCC(CCOc3ccccc3)CC2)n1. The van der Waals surface area contributed by atoms with Gasteiger partial charge in [-0.3, -0.25) is 0 Å². The second kappa shape index (κ2) is 7.11. The fourth-order valence-electron chi connectivity index (χ4n) is 2.80. The van der Waals surface area contributed by atoms with E-state index >= 15 is 0 Å². The molecule has 22 heavy (non-hydrogen) atoms. The highest BCUT2D eigenvalue weighted by Crippen LogP contribution is 2.23. The summed E-state index contributed by atoms with van der Waals surface area (Å²) in [5, 5.41) is 0. The molecule has 0 amide bonds. The molecule has 2 heterocycles. The van der Waals surface area contributed by atoms with Crippen molar-refractivity contribution in [3.63, 3.8) is 0 Å². The maximum Gasteiger partial charge on any atom is 0.227 e. The highest BCUT2D eigenvalue weighted by atomic mass is 16.5. The zero-order valence-electron chi connectivity index (χ0n) is 12.7. The molecule has 3 rings (SSSR count). The minimum Gasteiger partial charge on any atom is -0.494 e. The van der Waals surface area contributed by atoms with Crippen LogP contribution in [0.5, 0.6) is 5.75 Å². The van der Waals surface area contributed by atoms with Crippen LogP contribution in [0.25, 0.3) is 0 Å². The highest BCUT2D eigenvalue weighted by Gasteiger charge is 2.20. The molecule has 1 aliphatic rings. The normalized spacial score (nSPS) is 15.7. The lowest BCUT2D eigenvalue weighted by Crippen LogP contribution is -2.35. The highest BCUT2D eigenvalue weighted by molar-refractivity contribution is 5.37. The van der Waals surface area contributed by atoms with Crippen LogP contribution >= 0.6 is 0 Å². The van der Waals surface area contributed by atoms with E-state index in [-0.39, 0.29) is 0 Å². The molecular formula is C17H22N4O. The first-order chi connectivity index (χ1) is 10.8. The van der Waals surface area contributed by atoms with E-state index in [1.54, 1.807) is 12.3 Å². The molecule has 116 valence electrons. The van der Waals surface area contributed by atoms with E-state index in [1.807, 2.05) is 30.3 Å². The van der Waals surface area contributed by atoms with E-state index < -0.39 is 0 Å². The molecule has 1 saturated heterocycles. The van der Waals surface area contributed by atoms with Crippen LogP contribution in [0.1, 0.15) is 19.3 Å². The predicted octanol–water partition coefficient (Wildman–Crippen LogP) is 2.74. The maximum absolute atomic E-state index is 5.78. The Kier molecular flexibility index (Phi) is 4.73. The summed E-state index contributed by atoms with van der Waals surface area (Å²) in [4.78, 5) is 10.8. The van der Waals surface area contributed by atoms with Crippen molar-refractivity contribution in [2.45, 2.75) is 19.3 Å². The van der Waals surface area contributed by atoms with Gasteiger partial charge in [0, 0.05) is 19.3 Å². The van der Waals surface area contributed by atoms with Gasteiger partial charge in [-0.25, -0.2) is 4.98 Å². The largest absolute Gasteiger partial charge is 0.494 e. The van der Waals surface area contributed by atoms with Gasteiger partial charge in [-0.05, 0) is 43.4 Å². The number of nitrogen functional groups attached to an aromatic ring is 1. The fourth-order valence-corrected chi connectivity index (χ4v) is 2.80. The Bertz CT molecular complexity index is 582. The topological polar surface area (TPSA) is 64.3 Å². The Morgan fingerprint density at radius 3 is 2.64 bits per heavy atom. The van der Waals surface area contributed by atoms with Crippen molar-refractivity contribution in [1.82, 2.24) is 9.97 Å². The van der Waals surface area contributed by atoms with Gasteiger partial charge in [-0.1, -0.05) is 18.2 Å². The molecule has 2 aromatic rings. The molecule has 1 aromatic carbocycles. The smallest absolute Gasteiger partial charge is 0.227 e. The fraction of sp³-hybridized carbons (Fsp3) is 0.412. The first kappa shape index (κ1) is 14.6. The maximum atomic E-state index is 5.78. The second-order valence-electron chi connectivity index (χ2n) is 5.66. The van der Waals surface area contributed by atoms with E-state index in [0.29, 0.717) is 11.7 Å². The molecule has 0 bridgehead atoms. The van der Waals surface area contributed by atoms with Crippen LogP contribution < -0.4 is 15.4 Å². The standard InChI is InChI=1S/C17H22N4O/c18-16-6-10-19-17(20-16)21-11-7-14(8-12-21)9-13-22-15-4-2-1-3-5-15/h1-6,10,14H,7-9,11-13H2,(H2,18,19,20). The van der Waals surface area contributed by atoms with Gasteiger partial charge in [0.1, 0.15) is 11.6 Å². The number of nitrogens with two attached hydrogens (primary N) is 1. The summed E-state index contributed by atoms with van der Waals surface area (Å²) in [6, 6.07) is 11.7. The summed E-state index contributed by atoms with van der Waals surface area (Å²) in [7, 11) is 0. The Labute approximate surface area is 131 Å². The average Bonchev–Trinajstić information content (AvgIpc) is 2.56. The van der Waals surface area contributed by atoms with Crippen molar-refractivity contribution in [2.24, 2.45) is 5.92 Å². The lowest BCUT2D eigenvalue weighted by molar-refractivity contribution is 0.258. The van der Waals surface area contributed by atoms with E-state index in [2.05, 4.69) is 14.9 Å². The van der Waals surface area contributed by atoms with E-state index in [9.17, 15) is 0 Å². The quantitative estimate of drug-likeness (QED) is 0.919. The van der Waals surface area contributed by atoms with Gasteiger partial charge in [-0.15, -0.1) is 0 Å². The summed E-state index contributed by atoms with van der Waals surface area (Å²) in [6.45, 7) is 2.75. The van der Waals surface area contributed by atoms with Crippen molar-refractivity contribution < 1.29 is 4.74 Å². The third-order valence-electron chi connectivity index (χ3n) is 4.10. The molecule has 1 aromatic heterocycles.